The van der Waals surface area contributed by atoms with Gasteiger partial charge in [-0.25, -0.2) is 12.8 Å². The van der Waals surface area contributed by atoms with Crippen LogP contribution in [0.2, 0.25) is 0 Å². The van der Waals surface area contributed by atoms with Crippen molar-refractivity contribution < 1.29 is 22.3 Å². The van der Waals surface area contributed by atoms with Gasteiger partial charge in [-0.15, -0.1) is 0 Å². The van der Waals surface area contributed by atoms with Gasteiger partial charge < -0.3 is 10.1 Å². The average Bonchev–Trinajstić information content (AvgIpc) is 2.66. The number of nitrogens with zero attached hydrogens (tertiary/aromatic N) is 1. The van der Waals surface area contributed by atoms with E-state index in [-0.39, 0.29) is 25.3 Å². The van der Waals surface area contributed by atoms with Crippen LogP contribution in [0, 0.1) is 19.7 Å². The normalized spacial score (nSPS) is 12.3. The Morgan fingerprint density at radius 3 is 2.48 bits per heavy atom. The zero-order chi connectivity index (χ0) is 21.6. The second-order valence-corrected chi connectivity index (χ2v) is 8.63. The first-order valence-corrected chi connectivity index (χ1v) is 11.2. The largest absolute Gasteiger partial charge is 0.491 e. The van der Waals surface area contributed by atoms with Crippen molar-refractivity contribution >= 4 is 21.6 Å². The maximum Gasteiger partial charge on any atom is 0.244 e. The van der Waals surface area contributed by atoms with Crippen molar-refractivity contribution in [3.05, 3.63) is 59.4 Å². The van der Waals surface area contributed by atoms with Gasteiger partial charge in [-0.1, -0.05) is 31.2 Å². The molecular formula is C21H27FN2O4S. The Hall–Kier alpha value is -2.61. The minimum absolute atomic E-state index is 0.149. The summed E-state index contributed by atoms with van der Waals surface area (Å²) in [5.41, 5.74) is 1.97. The van der Waals surface area contributed by atoms with E-state index in [1.807, 2.05) is 32.0 Å². The predicted molar refractivity (Wildman–Crippen MR) is 112 cm³/mol. The van der Waals surface area contributed by atoms with Crippen molar-refractivity contribution in [2.75, 3.05) is 23.7 Å². The van der Waals surface area contributed by atoms with Gasteiger partial charge in [0, 0.05) is 0 Å². The van der Waals surface area contributed by atoms with E-state index < -0.39 is 27.8 Å². The summed E-state index contributed by atoms with van der Waals surface area (Å²) in [4.78, 5) is 12.7. The topological polar surface area (TPSA) is 75.7 Å². The van der Waals surface area contributed by atoms with Gasteiger partial charge >= 0.3 is 0 Å². The summed E-state index contributed by atoms with van der Waals surface area (Å²) in [6.07, 6.45) is 1.14. The molecule has 0 aliphatic carbocycles. The van der Waals surface area contributed by atoms with E-state index in [1.54, 1.807) is 6.92 Å². The van der Waals surface area contributed by atoms with Gasteiger partial charge in [0.25, 0.3) is 0 Å². The van der Waals surface area contributed by atoms with Crippen LogP contribution in [0.5, 0.6) is 5.75 Å². The number of rotatable bonds is 9. The van der Waals surface area contributed by atoms with Crippen molar-refractivity contribution in [1.82, 2.24) is 5.32 Å². The van der Waals surface area contributed by atoms with Gasteiger partial charge in [0.05, 0.1) is 18.5 Å². The first-order chi connectivity index (χ1) is 13.7. The average molecular weight is 423 g/mol. The Morgan fingerprint density at radius 1 is 1.17 bits per heavy atom. The lowest BCUT2D eigenvalue weighted by Crippen LogP contribution is -2.50. The van der Waals surface area contributed by atoms with Gasteiger partial charge in [0.1, 0.15) is 24.2 Å². The zero-order valence-corrected chi connectivity index (χ0v) is 17.9. The minimum atomic E-state index is -3.88. The van der Waals surface area contributed by atoms with Crippen molar-refractivity contribution in [1.29, 1.82) is 0 Å². The van der Waals surface area contributed by atoms with Crippen LogP contribution in [0.15, 0.2) is 42.5 Å². The lowest BCUT2D eigenvalue weighted by atomic mass is 10.1. The molecule has 0 aliphatic rings. The first-order valence-electron chi connectivity index (χ1n) is 9.37. The van der Waals surface area contributed by atoms with Crippen molar-refractivity contribution in [2.45, 2.75) is 33.2 Å². The van der Waals surface area contributed by atoms with Crippen LogP contribution in [0.1, 0.15) is 24.5 Å². The van der Waals surface area contributed by atoms with E-state index >= 15 is 0 Å². The number of ether oxygens (including phenoxy) is 1. The molecule has 1 atom stereocenters. The highest BCUT2D eigenvalue weighted by molar-refractivity contribution is 7.92. The molecule has 6 nitrogen and oxygen atoms in total. The van der Waals surface area contributed by atoms with Gasteiger partial charge in [-0.3, -0.25) is 9.10 Å². The molecule has 0 saturated heterocycles. The van der Waals surface area contributed by atoms with Crippen LogP contribution < -0.4 is 14.4 Å². The monoisotopic (exact) mass is 422 g/mol. The number of benzene rings is 2. The molecule has 1 N–H and O–H groups in total. The second-order valence-electron chi connectivity index (χ2n) is 6.77. The zero-order valence-electron chi connectivity index (χ0n) is 17.1. The van der Waals surface area contributed by atoms with Crippen molar-refractivity contribution in [2.24, 2.45) is 0 Å². The summed E-state index contributed by atoms with van der Waals surface area (Å²) in [6, 6.07) is 10.2. The maximum atomic E-state index is 14.2. The predicted octanol–water partition coefficient (Wildman–Crippen LogP) is 3.18. The molecule has 1 amide bonds. The number of carbonyl (C=O) groups is 1. The summed E-state index contributed by atoms with van der Waals surface area (Å²) in [5, 5.41) is 2.69. The number of halogens is 1. The molecular weight excluding hydrogens is 395 g/mol. The third-order valence-electron chi connectivity index (χ3n) is 4.63. The molecule has 0 aromatic heterocycles. The molecule has 158 valence electrons. The fourth-order valence-electron chi connectivity index (χ4n) is 3.00. The highest BCUT2D eigenvalue weighted by atomic mass is 32.2. The Morgan fingerprint density at radius 2 is 1.86 bits per heavy atom. The smallest absolute Gasteiger partial charge is 0.244 e. The fraction of sp³-hybridized carbons (Fsp3) is 0.381. The number of nitrogens with one attached hydrogen (secondary N) is 1. The lowest BCUT2D eigenvalue weighted by molar-refractivity contribution is -0.122. The molecule has 0 bridgehead atoms. The molecule has 0 spiro atoms. The molecule has 0 fully saturated rings. The van der Waals surface area contributed by atoms with Crippen LogP contribution in [-0.2, 0) is 14.8 Å². The second kappa shape index (κ2) is 9.73. The maximum absolute atomic E-state index is 14.2. The Labute approximate surface area is 171 Å². The number of amides is 1. The van der Waals surface area contributed by atoms with E-state index in [0.717, 1.165) is 33.5 Å². The van der Waals surface area contributed by atoms with Gasteiger partial charge in [-0.2, -0.15) is 0 Å². The quantitative estimate of drug-likeness (QED) is 0.630. The minimum Gasteiger partial charge on any atom is -0.491 e. The number of hydrogen-bond donors (Lipinski definition) is 1. The molecule has 0 heterocycles. The Balaban J connectivity index is 2.08. The molecule has 2 rings (SSSR count). The lowest BCUT2D eigenvalue weighted by Gasteiger charge is -2.30. The molecule has 0 saturated carbocycles. The first kappa shape index (κ1) is 22.7. The van der Waals surface area contributed by atoms with Crippen LogP contribution in [0.25, 0.3) is 0 Å². The van der Waals surface area contributed by atoms with Crippen molar-refractivity contribution in [3.63, 3.8) is 0 Å². The Bertz CT molecular complexity index is 963. The van der Waals surface area contributed by atoms with E-state index in [2.05, 4.69) is 5.32 Å². The number of anilines is 1. The van der Waals surface area contributed by atoms with E-state index in [1.165, 1.54) is 18.2 Å². The van der Waals surface area contributed by atoms with E-state index in [9.17, 15) is 17.6 Å². The van der Waals surface area contributed by atoms with Crippen LogP contribution >= 0.6 is 0 Å². The summed E-state index contributed by atoms with van der Waals surface area (Å²) < 4.78 is 45.4. The molecule has 8 heteroatoms. The van der Waals surface area contributed by atoms with Gasteiger partial charge in [0.2, 0.25) is 15.9 Å². The fourth-order valence-corrected chi connectivity index (χ4v) is 4.21. The third-order valence-corrected chi connectivity index (χ3v) is 5.80. The number of hydrogen-bond acceptors (Lipinski definition) is 4. The molecule has 2 aromatic carbocycles. The molecule has 2 aromatic rings. The third kappa shape index (κ3) is 5.69. The Kier molecular flexibility index (Phi) is 7.61. The van der Waals surface area contributed by atoms with E-state index in [4.69, 9.17) is 4.74 Å². The molecule has 29 heavy (non-hydrogen) atoms. The van der Waals surface area contributed by atoms with Crippen molar-refractivity contribution in [3.8, 4) is 5.75 Å². The highest BCUT2D eigenvalue weighted by Gasteiger charge is 2.32. The standard InChI is InChI=1S/C21H27FN2O4S/c1-5-18(24(29(4,26)27)19-11-7-6-10-17(19)22)21(25)23-13-14-28-20-12-8-9-15(2)16(20)3/h6-12,18H,5,13-14H2,1-4H3,(H,23,25). The molecule has 0 aliphatic heterocycles. The number of aryl methyl sites for hydroxylation is 1. The number of para-hydroxylation sites is 1. The van der Waals surface area contributed by atoms with Crippen LogP contribution in [-0.4, -0.2) is 39.8 Å². The molecule has 1 unspecified atom stereocenters. The van der Waals surface area contributed by atoms with Gasteiger partial charge in [-0.05, 0) is 49.6 Å². The summed E-state index contributed by atoms with van der Waals surface area (Å²) >= 11 is 0. The summed E-state index contributed by atoms with van der Waals surface area (Å²) in [6.45, 7) is 6.03. The van der Waals surface area contributed by atoms with Gasteiger partial charge in [0.15, 0.2) is 0 Å². The number of carbonyl (C=O) groups excluding carboxylic acids is 1. The summed E-state index contributed by atoms with van der Waals surface area (Å²) in [5.74, 6) is -0.483. The SMILES string of the molecule is CCC(C(=O)NCCOc1cccc(C)c1C)N(c1ccccc1F)S(C)(=O)=O. The summed E-state index contributed by atoms with van der Waals surface area (Å²) in [7, 11) is -3.88. The van der Waals surface area contributed by atoms with Crippen LogP contribution in [0.4, 0.5) is 10.1 Å². The highest BCUT2D eigenvalue weighted by Crippen LogP contribution is 2.25. The van der Waals surface area contributed by atoms with E-state index in [0.29, 0.717) is 0 Å². The molecule has 0 radical (unpaired) electrons. The van der Waals surface area contributed by atoms with Crippen LogP contribution in [0.3, 0.4) is 0 Å². The number of sulfonamides is 1.